The number of nitrogens with one attached hydrogen (secondary N) is 1. The molecule has 0 amide bonds. The zero-order valence-corrected chi connectivity index (χ0v) is 22.5. The maximum Gasteiger partial charge on any atom is 0.260 e. The van der Waals surface area contributed by atoms with Crippen LogP contribution in [0, 0.1) is 5.41 Å². The first kappa shape index (κ1) is 26.1. The summed E-state index contributed by atoms with van der Waals surface area (Å²) in [5.41, 5.74) is 0.234. The third-order valence-electron chi connectivity index (χ3n) is 7.14. The fourth-order valence-electron chi connectivity index (χ4n) is 4.69. The minimum absolute atomic E-state index is 0.0997. The highest BCUT2D eigenvalue weighted by molar-refractivity contribution is 7.16. The van der Waals surface area contributed by atoms with Crippen LogP contribution in [0.1, 0.15) is 29.4 Å². The van der Waals surface area contributed by atoms with Gasteiger partial charge in [-0.05, 0) is 37.1 Å². The number of aromatic nitrogens is 3. The Morgan fingerprint density at radius 2 is 1.89 bits per heavy atom. The first-order chi connectivity index (χ1) is 17.9. The Labute approximate surface area is 224 Å². The minimum atomic E-state index is -0.584. The van der Waals surface area contributed by atoms with Crippen molar-refractivity contribution in [3.63, 3.8) is 0 Å². The van der Waals surface area contributed by atoms with Crippen molar-refractivity contribution in [2.45, 2.75) is 32.9 Å². The summed E-state index contributed by atoms with van der Waals surface area (Å²) in [5, 5.41) is 8.02. The summed E-state index contributed by atoms with van der Waals surface area (Å²) < 4.78 is 14.8. The Hall–Kier alpha value is -2.50. The lowest BCUT2D eigenvalue weighted by atomic mass is 9.81. The third-order valence-corrected chi connectivity index (χ3v) is 8.38. The molecule has 0 aromatic carbocycles. The van der Waals surface area contributed by atoms with Gasteiger partial charge in [0.1, 0.15) is 11.5 Å². The van der Waals surface area contributed by atoms with Gasteiger partial charge in [-0.1, -0.05) is 18.5 Å². The first-order valence-electron chi connectivity index (χ1n) is 12.6. The summed E-state index contributed by atoms with van der Waals surface area (Å²) in [6.45, 7) is 8.07. The molecule has 37 heavy (non-hydrogen) atoms. The molecule has 0 unspecified atom stereocenters. The smallest absolute Gasteiger partial charge is 0.260 e. The molecule has 198 valence electrons. The number of ether oxygens (including phenoxy) is 2. The van der Waals surface area contributed by atoms with Gasteiger partial charge >= 0.3 is 0 Å². The number of nitrogens with zero attached hydrogens (tertiary/aromatic N) is 4. The Balaban J connectivity index is 1.43. The van der Waals surface area contributed by atoms with Crippen LogP contribution < -0.4 is 10.9 Å². The second-order valence-electron chi connectivity index (χ2n) is 9.74. The van der Waals surface area contributed by atoms with E-state index in [0.29, 0.717) is 60.6 Å². The molecule has 0 aliphatic carbocycles. The highest BCUT2D eigenvalue weighted by Crippen LogP contribution is 2.34. The Bertz CT molecular complexity index is 1290. The zero-order chi connectivity index (χ0) is 25.8. The van der Waals surface area contributed by atoms with E-state index in [0.717, 1.165) is 37.7 Å². The number of rotatable bonds is 8. The second-order valence-corrected chi connectivity index (χ2v) is 11.5. The number of halogens is 1. The van der Waals surface area contributed by atoms with Gasteiger partial charge in [0.05, 0.1) is 35.1 Å². The number of thiophene rings is 1. The molecular weight excluding hydrogens is 514 g/mol. The predicted octanol–water partition coefficient (Wildman–Crippen LogP) is 3.83. The van der Waals surface area contributed by atoms with Crippen LogP contribution in [0.15, 0.2) is 41.3 Å². The van der Waals surface area contributed by atoms with E-state index in [1.54, 1.807) is 22.9 Å². The highest BCUT2D eigenvalue weighted by atomic mass is 35.5. The molecule has 0 atom stereocenters. The van der Waals surface area contributed by atoms with Gasteiger partial charge in [-0.15, -0.1) is 11.3 Å². The van der Waals surface area contributed by atoms with E-state index in [-0.39, 0.29) is 11.5 Å². The zero-order valence-electron chi connectivity index (χ0n) is 21.0. The molecule has 3 aromatic rings. The van der Waals surface area contributed by atoms with Gasteiger partial charge in [0, 0.05) is 56.5 Å². The molecule has 0 spiro atoms. The van der Waals surface area contributed by atoms with Crippen molar-refractivity contribution in [3.8, 4) is 11.3 Å². The molecule has 0 saturated carbocycles. The Kier molecular flexibility index (Phi) is 8.11. The van der Waals surface area contributed by atoms with E-state index < -0.39 is 5.41 Å². The van der Waals surface area contributed by atoms with E-state index in [1.807, 2.05) is 25.1 Å². The fraction of sp³-hybridized carbons (Fsp3) is 0.500. The number of morpholine rings is 1. The van der Waals surface area contributed by atoms with Crippen LogP contribution in [0.2, 0.25) is 4.34 Å². The standard InChI is InChI=1S/C26H32ClN5O4S/c1-26(6-13-35-14-7-26)25(34)32-23(28-18-19-4-5-22(27)37-19)17-21(29-32)20-3-2-8-31(24(20)33)10-9-30-11-15-36-16-12-30/h2-5,8,17,28H,6-7,9-16,18H2,1H3. The van der Waals surface area contributed by atoms with Crippen LogP contribution in [0.5, 0.6) is 0 Å². The van der Waals surface area contributed by atoms with Gasteiger partial charge in [-0.2, -0.15) is 9.78 Å². The third kappa shape index (κ3) is 5.99. The van der Waals surface area contributed by atoms with Crippen LogP contribution in [-0.4, -0.2) is 71.2 Å². The summed E-state index contributed by atoms with van der Waals surface area (Å²) in [5.74, 6) is 0.456. The fourth-order valence-corrected chi connectivity index (χ4v) is 5.72. The normalized spacial score (nSPS) is 18.1. The van der Waals surface area contributed by atoms with Crippen molar-refractivity contribution in [2.24, 2.45) is 5.41 Å². The molecule has 5 rings (SSSR count). The molecule has 0 bridgehead atoms. The SMILES string of the molecule is CC1(C(=O)n2nc(-c3cccn(CCN4CCOCC4)c3=O)cc2NCc2ccc(Cl)s2)CCOCC1. The van der Waals surface area contributed by atoms with Gasteiger partial charge < -0.3 is 19.4 Å². The molecule has 11 heteroatoms. The van der Waals surface area contributed by atoms with Crippen molar-refractivity contribution in [1.29, 1.82) is 0 Å². The minimum Gasteiger partial charge on any atom is -0.381 e. The molecule has 9 nitrogen and oxygen atoms in total. The van der Waals surface area contributed by atoms with E-state index >= 15 is 0 Å². The number of hydrogen-bond acceptors (Lipinski definition) is 8. The number of anilines is 1. The van der Waals surface area contributed by atoms with Gasteiger partial charge in [0.2, 0.25) is 0 Å². The van der Waals surface area contributed by atoms with Gasteiger partial charge in [0.15, 0.2) is 0 Å². The van der Waals surface area contributed by atoms with Crippen LogP contribution in [0.25, 0.3) is 11.3 Å². The lowest BCUT2D eigenvalue weighted by molar-refractivity contribution is 0.0169. The van der Waals surface area contributed by atoms with E-state index in [2.05, 4.69) is 15.3 Å². The molecular formula is C26H32ClN5O4S. The quantitative estimate of drug-likeness (QED) is 0.460. The highest BCUT2D eigenvalue weighted by Gasteiger charge is 2.38. The van der Waals surface area contributed by atoms with Crippen molar-refractivity contribution in [1.82, 2.24) is 19.2 Å². The van der Waals surface area contributed by atoms with Crippen LogP contribution in [0.4, 0.5) is 5.82 Å². The molecule has 2 saturated heterocycles. The maximum atomic E-state index is 13.7. The maximum absolute atomic E-state index is 13.7. The van der Waals surface area contributed by atoms with Gasteiger partial charge in [0.25, 0.3) is 11.5 Å². The van der Waals surface area contributed by atoms with Crippen LogP contribution in [0.3, 0.4) is 0 Å². The molecule has 5 heterocycles. The predicted molar refractivity (Wildman–Crippen MR) is 145 cm³/mol. The molecule has 1 N–H and O–H groups in total. The topological polar surface area (TPSA) is 90.6 Å². The van der Waals surface area contributed by atoms with E-state index in [4.69, 9.17) is 21.1 Å². The molecule has 2 fully saturated rings. The summed E-state index contributed by atoms with van der Waals surface area (Å²) in [6, 6.07) is 9.22. The lowest BCUT2D eigenvalue weighted by Crippen LogP contribution is -2.39. The molecule has 2 aliphatic heterocycles. The van der Waals surface area contributed by atoms with Crippen molar-refractivity contribution in [3.05, 3.63) is 56.1 Å². The summed E-state index contributed by atoms with van der Waals surface area (Å²) in [7, 11) is 0. The summed E-state index contributed by atoms with van der Waals surface area (Å²) in [6.07, 6.45) is 3.05. The monoisotopic (exact) mass is 545 g/mol. The molecule has 2 aliphatic rings. The number of hydrogen-bond donors (Lipinski definition) is 1. The largest absolute Gasteiger partial charge is 0.381 e. The summed E-state index contributed by atoms with van der Waals surface area (Å²) >= 11 is 7.58. The van der Waals surface area contributed by atoms with Gasteiger partial charge in [-0.3, -0.25) is 14.5 Å². The average Bonchev–Trinajstić information content (AvgIpc) is 3.53. The van der Waals surface area contributed by atoms with E-state index in [9.17, 15) is 9.59 Å². The Morgan fingerprint density at radius 1 is 1.14 bits per heavy atom. The number of pyridine rings is 1. The van der Waals surface area contributed by atoms with Crippen molar-refractivity contribution < 1.29 is 14.3 Å². The average molecular weight is 546 g/mol. The van der Waals surface area contributed by atoms with Crippen molar-refractivity contribution >= 4 is 34.7 Å². The van der Waals surface area contributed by atoms with Crippen LogP contribution in [-0.2, 0) is 22.6 Å². The van der Waals surface area contributed by atoms with Crippen LogP contribution >= 0.6 is 22.9 Å². The molecule has 3 aromatic heterocycles. The summed E-state index contributed by atoms with van der Waals surface area (Å²) in [4.78, 5) is 30.5. The number of carbonyl (C=O) groups excluding carboxylic acids is 1. The Morgan fingerprint density at radius 3 is 2.62 bits per heavy atom. The van der Waals surface area contributed by atoms with E-state index in [1.165, 1.54) is 16.0 Å². The van der Waals surface area contributed by atoms with Crippen molar-refractivity contribution in [2.75, 3.05) is 51.4 Å². The lowest BCUT2D eigenvalue weighted by Gasteiger charge is -2.31. The number of carbonyl (C=O) groups is 1. The first-order valence-corrected chi connectivity index (χ1v) is 13.8. The van der Waals surface area contributed by atoms with Gasteiger partial charge in [-0.25, -0.2) is 0 Å². The molecule has 0 radical (unpaired) electrons. The second kappa shape index (κ2) is 11.5.